The van der Waals surface area contributed by atoms with Crippen LogP contribution in [0, 0.1) is 0 Å². The van der Waals surface area contributed by atoms with E-state index >= 15 is 0 Å². The zero-order valence-corrected chi connectivity index (χ0v) is 18.6. The van der Waals surface area contributed by atoms with Gasteiger partial charge in [0.2, 0.25) is 0 Å². The van der Waals surface area contributed by atoms with Gasteiger partial charge >= 0.3 is 0 Å². The third kappa shape index (κ3) is 5.33. The Labute approximate surface area is 199 Å². The number of pyridine rings is 2. The number of rotatable bonds is 4. The van der Waals surface area contributed by atoms with Gasteiger partial charge < -0.3 is 23.4 Å². The Balaban J connectivity index is 0.00000128. The summed E-state index contributed by atoms with van der Waals surface area (Å²) in [7, 11) is 0. The van der Waals surface area contributed by atoms with E-state index in [1.807, 2.05) is 36.9 Å². The normalized spacial score (nSPS) is 10.7. The fourth-order valence-electron chi connectivity index (χ4n) is 3.90. The van der Waals surface area contributed by atoms with Crippen LogP contribution in [0.15, 0.2) is 97.6 Å². The highest BCUT2D eigenvalue weighted by Gasteiger charge is 2.10. The molecule has 3 aromatic carbocycles. The van der Waals surface area contributed by atoms with Gasteiger partial charge in [0, 0.05) is 24.5 Å². The van der Waals surface area contributed by atoms with Crippen molar-refractivity contribution in [1.82, 2.24) is 4.98 Å². The Bertz CT molecular complexity index is 1220. The predicted octanol–water partition coefficient (Wildman–Crippen LogP) is 1.90. The molecular formula is C28H25ClN2O2. The second-order valence-electron chi connectivity index (χ2n) is 7.20. The van der Waals surface area contributed by atoms with Crippen molar-refractivity contribution >= 4 is 45.8 Å². The Morgan fingerprint density at radius 3 is 1.33 bits per heavy atom. The average Bonchev–Trinajstić information content (AvgIpc) is 2.82. The molecule has 0 atom stereocenters. The Morgan fingerprint density at radius 2 is 0.909 bits per heavy atom. The quantitative estimate of drug-likeness (QED) is 0.380. The highest BCUT2D eigenvalue weighted by Crippen LogP contribution is 2.35. The summed E-state index contributed by atoms with van der Waals surface area (Å²) >= 11 is 0. The van der Waals surface area contributed by atoms with Gasteiger partial charge in [0.25, 0.3) is 0 Å². The molecule has 0 aliphatic carbocycles. The second-order valence-corrected chi connectivity index (χ2v) is 7.20. The summed E-state index contributed by atoms with van der Waals surface area (Å²) < 4.78 is 0. The molecule has 0 spiro atoms. The van der Waals surface area contributed by atoms with Crippen LogP contribution < -0.4 is 17.4 Å². The molecule has 4 nitrogen and oxygen atoms in total. The Hall–Kier alpha value is -3.83. The number of H-pyrrole nitrogens is 1. The lowest BCUT2D eigenvalue weighted by Crippen LogP contribution is -3.00. The van der Waals surface area contributed by atoms with E-state index in [0.717, 1.165) is 5.56 Å². The number of benzene rings is 3. The van der Waals surface area contributed by atoms with E-state index in [1.54, 1.807) is 0 Å². The minimum atomic E-state index is 0. The van der Waals surface area contributed by atoms with Gasteiger partial charge in [-0.3, -0.25) is 4.98 Å². The van der Waals surface area contributed by atoms with Gasteiger partial charge in [-0.05, 0) is 55.9 Å². The van der Waals surface area contributed by atoms with Crippen molar-refractivity contribution in [2.24, 2.45) is 0 Å². The van der Waals surface area contributed by atoms with Crippen LogP contribution in [0.4, 0.5) is 0 Å². The van der Waals surface area contributed by atoms with E-state index in [-0.39, 0.29) is 23.4 Å². The second kappa shape index (κ2) is 11.7. The standard InChI is InChI=1S/C28H20N2.ClH.2H2O/c1-2-6-24-23(5-1)27(11-9-21-13-17-29-18-14-21)25-7-3-4-8-26(25)28(24)12-10-22-15-19-30-20-16-22;;;/h1-20H;1H;2*1H2/b11-9+,12-10+;;;. The highest BCUT2D eigenvalue weighted by atomic mass is 35.5. The predicted molar refractivity (Wildman–Crippen MR) is 134 cm³/mol. The van der Waals surface area contributed by atoms with Crippen LogP contribution in [0.2, 0.25) is 0 Å². The molecule has 0 bridgehead atoms. The lowest BCUT2D eigenvalue weighted by atomic mass is 9.91. The number of aromatic nitrogens is 2. The summed E-state index contributed by atoms with van der Waals surface area (Å²) in [6.45, 7) is 0. The van der Waals surface area contributed by atoms with Gasteiger partial charge in [0.1, 0.15) is 0 Å². The molecule has 0 saturated carbocycles. The van der Waals surface area contributed by atoms with E-state index in [0.29, 0.717) is 0 Å². The summed E-state index contributed by atoms with van der Waals surface area (Å²) in [6, 6.07) is 25.5. The summed E-state index contributed by atoms with van der Waals surface area (Å²) in [5, 5.41) is 5.01. The van der Waals surface area contributed by atoms with Crippen LogP contribution in [0.25, 0.3) is 45.8 Å². The van der Waals surface area contributed by atoms with Crippen molar-refractivity contribution in [3.8, 4) is 0 Å². The number of hydrogen-bond donors (Lipinski definition) is 0. The van der Waals surface area contributed by atoms with E-state index in [9.17, 15) is 0 Å². The van der Waals surface area contributed by atoms with E-state index < -0.39 is 0 Å². The molecule has 166 valence electrons. The molecule has 0 saturated heterocycles. The maximum atomic E-state index is 4.11. The number of aromatic amines is 1. The maximum Gasteiger partial charge on any atom is 0.167 e. The van der Waals surface area contributed by atoms with Crippen molar-refractivity contribution in [3.63, 3.8) is 0 Å². The van der Waals surface area contributed by atoms with Gasteiger partial charge in [0.15, 0.2) is 12.4 Å². The topological polar surface area (TPSA) is 90.0 Å². The maximum absolute atomic E-state index is 4.11. The van der Waals surface area contributed by atoms with Gasteiger partial charge in [-0.2, -0.15) is 0 Å². The lowest BCUT2D eigenvalue weighted by Gasteiger charge is -2.13. The van der Waals surface area contributed by atoms with Crippen LogP contribution in [-0.2, 0) is 0 Å². The molecule has 0 aliphatic rings. The molecule has 2 aromatic heterocycles. The number of hydrogen-bond acceptors (Lipinski definition) is 1. The van der Waals surface area contributed by atoms with Crippen molar-refractivity contribution in [1.29, 1.82) is 0 Å². The van der Waals surface area contributed by atoms with Crippen LogP contribution in [-0.4, -0.2) is 15.9 Å². The van der Waals surface area contributed by atoms with Crippen LogP contribution >= 0.6 is 0 Å². The van der Waals surface area contributed by atoms with E-state index in [2.05, 4.69) is 94.9 Å². The zero-order chi connectivity index (χ0) is 20.2. The molecule has 5 rings (SSSR count). The molecule has 0 fully saturated rings. The van der Waals surface area contributed by atoms with Gasteiger partial charge in [-0.15, -0.1) is 0 Å². The molecule has 5 N–H and O–H groups in total. The minimum absolute atomic E-state index is 0. The van der Waals surface area contributed by atoms with Crippen LogP contribution in [0.1, 0.15) is 22.3 Å². The summed E-state index contributed by atoms with van der Waals surface area (Å²) in [5.74, 6) is 0. The SMILES string of the molecule is C(=C\c1c2ccccc2c(/C=C/c2cc[nH+]cc2)c2ccccc12)/c1ccncc1.O.O.[Cl-]. The molecule has 5 heteroatoms. The summed E-state index contributed by atoms with van der Waals surface area (Å²) in [4.78, 5) is 7.19. The number of nitrogens with one attached hydrogen (secondary N) is 1. The zero-order valence-electron chi connectivity index (χ0n) is 17.9. The molecule has 5 aromatic rings. The third-order valence-corrected chi connectivity index (χ3v) is 5.35. The fraction of sp³-hybridized carbons (Fsp3) is 0. The molecular weight excluding hydrogens is 432 g/mol. The molecule has 0 aliphatic heterocycles. The molecule has 2 heterocycles. The first-order valence-corrected chi connectivity index (χ1v) is 10.1. The van der Waals surface area contributed by atoms with Crippen molar-refractivity contribution < 1.29 is 28.3 Å². The smallest absolute Gasteiger partial charge is 0.167 e. The molecule has 0 amide bonds. The highest BCUT2D eigenvalue weighted by molar-refractivity contribution is 6.14. The summed E-state index contributed by atoms with van der Waals surface area (Å²) in [5.41, 5.74) is 4.80. The van der Waals surface area contributed by atoms with E-state index in [1.165, 1.54) is 38.2 Å². The third-order valence-electron chi connectivity index (χ3n) is 5.35. The lowest BCUT2D eigenvalue weighted by molar-refractivity contribution is -0.378. The first-order valence-electron chi connectivity index (χ1n) is 10.1. The first kappa shape index (κ1) is 25.4. The largest absolute Gasteiger partial charge is 1.00 e. The Kier molecular flexibility index (Phi) is 9.01. The number of halogens is 1. The summed E-state index contributed by atoms with van der Waals surface area (Å²) in [6.07, 6.45) is 16.3. The van der Waals surface area contributed by atoms with Crippen LogP contribution in [0.3, 0.4) is 0 Å². The Morgan fingerprint density at radius 1 is 0.515 bits per heavy atom. The van der Waals surface area contributed by atoms with Gasteiger partial charge in [-0.25, -0.2) is 4.98 Å². The molecule has 0 unspecified atom stereocenters. The van der Waals surface area contributed by atoms with Crippen molar-refractivity contribution in [2.45, 2.75) is 0 Å². The van der Waals surface area contributed by atoms with Crippen molar-refractivity contribution in [2.75, 3.05) is 0 Å². The average molecular weight is 457 g/mol. The van der Waals surface area contributed by atoms with Crippen LogP contribution in [0.5, 0.6) is 0 Å². The first-order chi connectivity index (χ1) is 14.9. The minimum Gasteiger partial charge on any atom is -1.00 e. The monoisotopic (exact) mass is 456 g/mol. The van der Waals surface area contributed by atoms with Gasteiger partial charge in [-0.1, -0.05) is 72.8 Å². The van der Waals surface area contributed by atoms with E-state index in [4.69, 9.17) is 0 Å². The molecule has 33 heavy (non-hydrogen) atoms. The number of fused-ring (bicyclic) bond motifs is 2. The molecule has 0 radical (unpaired) electrons. The van der Waals surface area contributed by atoms with Gasteiger partial charge in [0.05, 0.1) is 0 Å². The fourth-order valence-corrected chi connectivity index (χ4v) is 3.90. The van der Waals surface area contributed by atoms with Crippen molar-refractivity contribution in [3.05, 3.63) is 120 Å². The number of nitrogens with zero attached hydrogens (tertiary/aromatic N) is 1.